The number of aromatic carboxylic acids is 1. The van der Waals surface area contributed by atoms with Crippen LogP contribution in [-0.2, 0) is 10.0 Å². The second-order valence-electron chi connectivity index (χ2n) is 6.15. The maximum Gasteiger partial charge on any atom is 0.336 e. The van der Waals surface area contributed by atoms with Gasteiger partial charge in [-0.05, 0) is 36.8 Å². The van der Waals surface area contributed by atoms with Crippen molar-refractivity contribution in [2.45, 2.75) is 11.8 Å². The minimum Gasteiger partial charge on any atom is -0.478 e. The van der Waals surface area contributed by atoms with Gasteiger partial charge >= 0.3 is 5.97 Å². The van der Waals surface area contributed by atoms with Crippen LogP contribution < -0.4 is 4.31 Å². The molecule has 3 aromatic carbocycles. The van der Waals surface area contributed by atoms with E-state index in [1.165, 1.54) is 17.4 Å². The summed E-state index contributed by atoms with van der Waals surface area (Å²) in [6.07, 6.45) is 0. The van der Waals surface area contributed by atoms with Crippen molar-refractivity contribution in [2.75, 3.05) is 11.4 Å². The Morgan fingerprint density at radius 1 is 0.852 bits per heavy atom. The summed E-state index contributed by atoms with van der Waals surface area (Å²) < 4.78 is 27.3. The van der Waals surface area contributed by atoms with E-state index in [4.69, 9.17) is 0 Å². The molecule has 6 heteroatoms. The first kappa shape index (κ1) is 18.7. The Kier molecular flexibility index (Phi) is 5.01. The molecule has 0 aliphatic rings. The largest absolute Gasteiger partial charge is 0.478 e. The average Bonchev–Trinajstić information content (AvgIpc) is 2.67. The van der Waals surface area contributed by atoms with E-state index in [1.807, 2.05) is 6.92 Å². The maximum absolute atomic E-state index is 13.1. The third kappa shape index (κ3) is 3.57. The average molecular weight is 381 g/mol. The second kappa shape index (κ2) is 7.25. The van der Waals surface area contributed by atoms with E-state index in [0.717, 1.165) is 5.56 Å². The van der Waals surface area contributed by atoms with Crippen molar-refractivity contribution in [1.82, 2.24) is 0 Å². The summed E-state index contributed by atoms with van der Waals surface area (Å²) in [5.74, 6) is -1.07. The van der Waals surface area contributed by atoms with Crippen molar-refractivity contribution in [3.05, 3.63) is 83.9 Å². The van der Waals surface area contributed by atoms with Crippen LogP contribution in [-0.4, -0.2) is 26.5 Å². The van der Waals surface area contributed by atoms with Crippen LogP contribution in [0.15, 0.2) is 77.7 Å². The van der Waals surface area contributed by atoms with Crippen LogP contribution >= 0.6 is 0 Å². The summed E-state index contributed by atoms with van der Waals surface area (Å²) in [7, 11) is -2.32. The number of benzene rings is 3. The van der Waals surface area contributed by atoms with Crippen LogP contribution in [0.4, 0.5) is 5.69 Å². The number of para-hydroxylation sites is 1. The van der Waals surface area contributed by atoms with Gasteiger partial charge in [-0.2, -0.15) is 0 Å². The highest BCUT2D eigenvalue weighted by atomic mass is 32.2. The summed E-state index contributed by atoms with van der Waals surface area (Å²) in [6.45, 7) is 1.89. The highest BCUT2D eigenvalue weighted by Crippen LogP contribution is 2.35. The predicted molar refractivity (Wildman–Crippen MR) is 106 cm³/mol. The molecule has 0 aliphatic heterocycles. The van der Waals surface area contributed by atoms with Gasteiger partial charge in [0, 0.05) is 12.6 Å². The third-order valence-corrected chi connectivity index (χ3v) is 6.16. The molecule has 0 aromatic heterocycles. The molecular formula is C21H19NO4S. The van der Waals surface area contributed by atoms with Gasteiger partial charge in [0.25, 0.3) is 10.0 Å². The molecule has 0 atom stereocenters. The highest BCUT2D eigenvalue weighted by Gasteiger charge is 2.24. The number of aryl methyl sites for hydroxylation is 1. The molecule has 0 spiro atoms. The van der Waals surface area contributed by atoms with Gasteiger partial charge in [0.05, 0.1) is 16.1 Å². The number of hydrogen-bond acceptors (Lipinski definition) is 3. The fraction of sp³-hybridized carbons (Fsp3) is 0.0952. The van der Waals surface area contributed by atoms with E-state index >= 15 is 0 Å². The van der Waals surface area contributed by atoms with Crippen LogP contribution in [0, 0.1) is 6.92 Å². The first-order valence-electron chi connectivity index (χ1n) is 8.29. The number of sulfonamides is 1. The summed E-state index contributed by atoms with van der Waals surface area (Å²) in [5.41, 5.74) is 2.49. The Morgan fingerprint density at radius 2 is 1.41 bits per heavy atom. The van der Waals surface area contributed by atoms with E-state index in [-0.39, 0.29) is 10.5 Å². The fourth-order valence-corrected chi connectivity index (χ4v) is 4.09. The minimum absolute atomic E-state index is 0.117. The number of carbonyl (C=O) groups is 1. The molecule has 5 nitrogen and oxygen atoms in total. The molecule has 1 N–H and O–H groups in total. The monoisotopic (exact) mass is 381 g/mol. The Morgan fingerprint density at radius 3 is 2.04 bits per heavy atom. The Hall–Kier alpha value is -3.12. The molecule has 0 bridgehead atoms. The van der Waals surface area contributed by atoms with Gasteiger partial charge in [-0.25, -0.2) is 13.2 Å². The molecule has 0 fully saturated rings. The van der Waals surface area contributed by atoms with Crippen LogP contribution in [0.25, 0.3) is 11.1 Å². The first-order chi connectivity index (χ1) is 12.8. The van der Waals surface area contributed by atoms with Crippen LogP contribution in [0.3, 0.4) is 0 Å². The zero-order valence-corrected chi connectivity index (χ0v) is 15.8. The van der Waals surface area contributed by atoms with Gasteiger partial charge in [-0.1, -0.05) is 54.1 Å². The predicted octanol–water partition coefficient (Wildman–Crippen LogP) is 4.19. The lowest BCUT2D eigenvalue weighted by Crippen LogP contribution is -2.27. The summed E-state index contributed by atoms with van der Waals surface area (Å²) in [6, 6.07) is 20.0. The molecule has 3 aromatic rings. The molecule has 0 radical (unpaired) electrons. The first-order valence-corrected chi connectivity index (χ1v) is 9.73. The van der Waals surface area contributed by atoms with Crippen LogP contribution in [0.5, 0.6) is 0 Å². The number of nitrogens with zero attached hydrogens (tertiary/aromatic N) is 1. The van der Waals surface area contributed by atoms with Gasteiger partial charge < -0.3 is 5.11 Å². The Bertz CT molecular complexity index is 1090. The topological polar surface area (TPSA) is 74.7 Å². The van der Waals surface area contributed by atoms with Gasteiger partial charge in [0.1, 0.15) is 0 Å². The molecule has 3 rings (SSSR count). The summed E-state index contributed by atoms with van der Waals surface area (Å²) >= 11 is 0. The van der Waals surface area contributed by atoms with Crippen LogP contribution in [0.1, 0.15) is 15.9 Å². The van der Waals surface area contributed by atoms with E-state index in [2.05, 4.69) is 0 Å². The number of carboxylic acids is 1. The number of rotatable bonds is 5. The molecule has 0 saturated carbocycles. The molecule has 0 saturated heterocycles. The lowest BCUT2D eigenvalue weighted by molar-refractivity contribution is 0.0697. The smallest absolute Gasteiger partial charge is 0.336 e. The van der Waals surface area contributed by atoms with E-state index in [1.54, 1.807) is 66.7 Å². The van der Waals surface area contributed by atoms with Crippen molar-refractivity contribution in [1.29, 1.82) is 0 Å². The molecule has 0 heterocycles. The van der Waals surface area contributed by atoms with Gasteiger partial charge in [0.2, 0.25) is 0 Å². The van der Waals surface area contributed by atoms with Gasteiger partial charge in [-0.15, -0.1) is 0 Å². The zero-order chi connectivity index (χ0) is 19.6. The molecular weight excluding hydrogens is 362 g/mol. The number of hydrogen-bond donors (Lipinski definition) is 1. The fourth-order valence-electron chi connectivity index (χ4n) is 2.88. The van der Waals surface area contributed by atoms with E-state index in [0.29, 0.717) is 16.8 Å². The lowest BCUT2D eigenvalue weighted by Gasteiger charge is -2.23. The maximum atomic E-state index is 13.1. The van der Waals surface area contributed by atoms with Gasteiger partial charge in [-0.3, -0.25) is 4.31 Å². The molecule has 0 amide bonds. The Labute approximate surface area is 158 Å². The van der Waals surface area contributed by atoms with Gasteiger partial charge in [0.15, 0.2) is 0 Å². The zero-order valence-electron chi connectivity index (χ0n) is 15.0. The molecule has 138 valence electrons. The van der Waals surface area contributed by atoms with Crippen molar-refractivity contribution < 1.29 is 18.3 Å². The van der Waals surface area contributed by atoms with Crippen LogP contribution in [0.2, 0.25) is 0 Å². The van der Waals surface area contributed by atoms with Crippen molar-refractivity contribution in [2.24, 2.45) is 0 Å². The van der Waals surface area contributed by atoms with E-state index < -0.39 is 16.0 Å². The van der Waals surface area contributed by atoms with E-state index in [9.17, 15) is 18.3 Å². The van der Waals surface area contributed by atoms with Crippen molar-refractivity contribution >= 4 is 21.7 Å². The number of anilines is 1. The Balaban J connectivity index is 2.14. The van der Waals surface area contributed by atoms with Crippen molar-refractivity contribution in [3.63, 3.8) is 0 Å². The summed E-state index contributed by atoms with van der Waals surface area (Å²) in [4.78, 5) is 11.8. The second-order valence-corrected chi connectivity index (χ2v) is 8.12. The standard InChI is InChI=1S/C21H19NO4S/c1-15-11-13-16(14-12-15)27(25,26)22(2)20-10-6-5-8-18(20)17-7-3-4-9-19(17)21(23)24/h3-14H,1-2H3,(H,23,24). The molecule has 0 aliphatic carbocycles. The molecule has 27 heavy (non-hydrogen) atoms. The molecule has 0 unspecified atom stereocenters. The minimum atomic E-state index is -3.79. The highest BCUT2D eigenvalue weighted by molar-refractivity contribution is 7.92. The quantitative estimate of drug-likeness (QED) is 0.719. The number of carboxylic acid groups (broad SMARTS) is 1. The SMILES string of the molecule is Cc1ccc(S(=O)(=O)N(C)c2ccccc2-c2ccccc2C(=O)O)cc1. The lowest BCUT2D eigenvalue weighted by atomic mass is 9.98. The van der Waals surface area contributed by atoms with Crippen molar-refractivity contribution in [3.8, 4) is 11.1 Å². The summed E-state index contributed by atoms with van der Waals surface area (Å²) in [5, 5.41) is 9.49. The normalized spacial score (nSPS) is 11.2. The third-order valence-electron chi connectivity index (χ3n) is 4.37.